The fourth-order valence-corrected chi connectivity index (χ4v) is 4.99. The van der Waals surface area contributed by atoms with Gasteiger partial charge in [0.1, 0.15) is 0 Å². The van der Waals surface area contributed by atoms with Crippen LogP contribution in [0.25, 0.3) is 0 Å². The predicted molar refractivity (Wildman–Crippen MR) is 82.1 cm³/mol. The molecule has 0 aliphatic carbocycles. The Balaban J connectivity index is 1.90. The molecule has 1 saturated heterocycles. The average molecular weight is 360 g/mol. The normalized spacial score (nSPS) is 22.4. The minimum absolute atomic E-state index is 0.0357. The number of hydrogen-bond donors (Lipinski definition) is 1. The molecule has 4 nitrogen and oxygen atoms in total. The molecule has 0 bridgehead atoms. The Morgan fingerprint density at radius 1 is 1.45 bits per heavy atom. The van der Waals surface area contributed by atoms with E-state index in [1.165, 1.54) is 0 Å². The molecule has 20 heavy (non-hydrogen) atoms. The number of carbonyl (C=O) groups excluding carboxylic acids is 1. The van der Waals surface area contributed by atoms with E-state index >= 15 is 0 Å². The van der Waals surface area contributed by atoms with Crippen LogP contribution in [-0.2, 0) is 14.6 Å². The van der Waals surface area contributed by atoms with Gasteiger partial charge in [-0.1, -0.05) is 34.1 Å². The summed E-state index contributed by atoms with van der Waals surface area (Å²) in [6.45, 7) is 1.92. The monoisotopic (exact) mass is 359 g/mol. The second kappa shape index (κ2) is 6.26. The first kappa shape index (κ1) is 15.5. The summed E-state index contributed by atoms with van der Waals surface area (Å²) in [5.41, 5.74) is 1.01. The van der Waals surface area contributed by atoms with Crippen molar-refractivity contribution in [1.82, 2.24) is 5.32 Å². The van der Waals surface area contributed by atoms with Crippen molar-refractivity contribution in [2.45, 2.75) is 25.8 Å². The summed E-state index contributed by atoms with van der Waals surface area (Å²) in [4.78, 5) is 12.0. The minimum Gasteiger partial charge on any atom is -0.350 e. The SMILES string of the molecule is CC(NC(=O)CC1CCS(=O)(=O)C1)c1ccccc1Br. The van der Waals surface area contributed by atoms with Gasteiger partial charge in [0, 0.05) is 10.9 Å². The molecule has 0 radical (unpaired) electrons. The van der Waals surface area contributed by atoms with Crippen LogP contribution in [0, 0.1) is 5.92 Å². The van der Waals surface area contributed by atoms with E-state index in [4.69, 9.17) is 0 Å². The highest BCUT2D eigenvalue weighted by Gasteiger charge is 2.29. The Bertz CT molecular complexity index is 600. The third-order valence-electron chi connectivity index (χ3n) is 3.55. The molecule has 0 aromatic heterocycles. The summed E-state index contributed by atoms with van der Waals surface area (Å²) >= 11 is 3.46. The van der Waals surface area contributed by atoms with Crippen LogP contribution in [0.5, 0.6) is 0 Å². The van der Waals surface area contributed by atoms with Crippen LogP contribution >= 0.6 is 15.9 Å². The van der Waals surface area contributed by atoms with E-state index in [0.717, 1.165) is 10.0 Å². The zero-order valence-electron chi connectivity index (χ0n) is 11.3. The third kappa shape index (κ3) is 4.06. The molecule has 1 heterocycles. The molecule has 2 unspecified atom stereocenters. The molecular formula is C14H18BrNO3S. The number of rotatable bonds is 4. The van der Waals surface area contributed by atoms with Crippen molar-refractivity contribution in [3.05, 3.63) is 34.3 Å². The van der Waals surface area contributed by atoms with E-state index in [-0.39, 0.29) is 35.8 Å². The molecule has 1 aliphatic heterocycles. The summed E-state index contributed by atoms with van der Waals surface area (Å²) in [6.07, 6.45) is 0.882. The number of hydrogen-bond acceptors (Lipinski definition) is 3. The first-order chi connectivity index (χ1) is 9.37. The van der Waals surface area contributed by atoms with Crippen molar-refractivity contribution in [2.24, 2.45) is 5.92 Å². The van der Waals surface area contributed by atoms with E-state index in [1.807, 2.05) is 31.2 Å². The van der Waals surface area contributed by atoms with Gasteiger partial charge in [-0.25, -0.2) is 8.42 Å². The van der Waals surface area contributed by atoms with Crippen LogP contribution in [0.2, 0.25) is 0 Å². The maximum atomic E-state index is 12.0. The summed E-state index contributed by atoms with van der Waals surface area (Å²) in [6, 6.07) is 7.63. The van der Waals surface area contributed by atoms with Crippen molar-refractivity contribution in [3.8, 4) is 0 Å². The van der Waals surface area contributed by atoms with Gasteiger partial charge in [-0.2, -0.15) is 0 Å². The van der Waals surface area contributed by atoms with Crippen molar-refractivity contribution < 1.29 is 13.2 Å². The second-order valence-corrected chi connectivity index (χ2v) is 8.37. The summed E-state index contributed by atoms with van der Waals surface area (Å²) < 4.78 is 23.7. The Morgan fingerprint density at radius 3 is 2.75 bits per heavy atom. The average Bonchev–Trinajstić information content (AvgIpc) is 2.68. The van der Waals surface area contributed by atoms with Crippen molar-refractivity contribution in [3.63, 3.8) is 0 Å². The van der Waals surface area contributed by atoms with Gasteiger partial charge in [0.2, 0.25) is 5.91 Å². The molecular weight excluding hydrogens is 342 g/mol. The Hall–Kier alpha value is -0.880. The van der Waals surface area contributed by atoms with Gasteiger partial charge in [0.05, 0.1) is 17.5 Å². The van der Waals surface area contributed by atoms with Crippen LogP contribution < -0.4 is 5.32 Å². The highest BCUT2D eigenvalue weighted by molar-refractivity contribution is 9.10. The van der Waals surface area contributed by atoms with Gasteiger partial charge in [-0.15, -0.1) is 0 Å². The highest BCUT2D eigenvalue weighted by Crippen LogP contribution is 2.24. The standard InChI is InChI=1S/C14H18BrNO3S/c1-10(12-4-2-3-5-13(12)15)16-14(17)8-11-6-7-20(18,19)9-11/h2-5,10-11H,6-9H2,1H3,(H,16,17). The van der Waals surface area contributed by atoms with Gasteiger partial charge in [-0.3, -0.25) is 4.79 Å². The number of halogens is 1. The summed E-state index contributed by atoms with van der Waals surface area (Å²) in [7, 11) is -2.92. The maximum absolute atomic E-state index is 12.0. The molecule has 2 atom stereocenters. The molecule has 110 valence electrons. The van der Waals surface area contributed by atoms with Gasteiger partial charge in [0.15, 0.2) is 9.84 Å². The molecule has 1 aromatic carbocycles. The number of sulfone groups is 1. The Kier molecular flexibility index (Phi) is 4.86. The highest BCUT2D eigenvalue weighted by atomic mass is 79.9. The lowest BCUT2D eigenvalue weighted by Gasteiger charge is -2.17. The molecule has 6 heteroatoms. The Labute approximate surface area is 128 Å². The van der Waals surface area contributed by atoms with Crippen molar-refractivity contribution >= 4 is 31.7 Å². The summed E-state index contributed by atoms with van der Waals surface area (Å²) in [5.74, 6) is 0.232. The maximum Gasteiger partial charge on any atom is 0.220 e. The minimum atomic E-state index is -2.92. The molecule has 1 N–H and O–H groups in total. The van der Waals surface area contributed by atoms with Gasteiger partial charge < -0.3 is 5.32 Å². The van der Waals surface area contributed by atoms with Gasteiger partial charge >= 0.3 is 0 Å². The van der Waals surface area contributed by atoms with Gasteiger partial charge in [0.25, 0.3) is 0 Å². The van der Waals surface area contributed by atoms with Crippen LogP contribution in [-0.4, -0.2) is 25.8 Å². The first-order valence-electron chi connectivity index (χ1n) is 6.61. The van der Waals surface area contributed by atoms with E-state index < -0.39 is 9.84 Å². The van der Waals surface area contributed by atoms with Crippen LogP contribution in [0.1, 0.15) is 31.4 Å². The predicted octanol–water partition coefficient (Wildman–Crippen LogP) is 2.45. The zero-order valence-corrected chi connectivity index (χ0v) is 13.7. The Morgan fingerprint density at radius 2 is 2.15 bits per heavy atom. The lowest BCUT2D eigenvalue weighted by molar-refractivity contribution is -0.122. The van der Waals surface area contributed by atoms with E-state index in [0.29, 0.717) is 6.42 Å². The fourth-order valence-electron chi connectivity index (χ4n) is 2.50. The summed E-state index contributed by atoms with van der Waals surface area (Å²) in [5, 5.41) is 2.93. The van der Waals surface area contributed by atoms with Crippen LogP contribution in [0.15, 0.2) is 28.7 Å². The molecule has 1 fully saturated rings. The number of carbonyl (C=O) groups is 1. The van der Waals surface area contributed by atoms with E-state index in [9.17, 15) is 13.2 Å². The fraction of sp³-hybridized carbons (Fsp3) is 0.500. The van der Waals surface area contributed by atoms with Gasteiger partial charge in [-0.05, 0) is 30.9 Å². The largest absolute Gasteiger partial charge is 0.350 e. The molecule has 1 aliphatic rings. The van der Waals surface area contributed by atoms with E-state index in [1.54, 1.807) is 0 Å². The molecule has 0 saturated carbocycles. The number of nitrogens with one attached hydrogen (secondary N) is 1. The molecule has 1 aromatic rings. The molecule has 1 amide bonds. The van der Waals surface area contributed by atoms with Crippen LogP contribution in [0.3, 0.4) is 0 Å². The van der Waals surface area contributed by atoms with Crippen molar-refractivity contribution in [2.75, 3.05) is 11.5 Å². The lowest BCUT2D eigenvalue weighted by Crippen LogP contribution is -2.28. The van der Waals surface area contributed by atoms with Crippen LogP contribution in [0.4, 0.5) is 0 Å². The topological polar surface area (TPSA) is 63.2 Å². The first-order valence-corrected chi connectivity index (χ1v) is 9.23. The number of amides is 1. The molecule has 0 spiro atoms. The lowest BCUT2D eigenvalue weighted by atomic mass is 10.0. The third-order valence-corrected chi connectivity index (χ3v) is 6.11. The second-order valence-electron chi connectivity index (χ2n) is 5.28. The van der Waals surface area contributed by atoms with E-state index in [2.05, 4.69) is 21.2 Å². The molecule has 2 rings (SSSR count). The zero-order chi connectivity index (χ0) is 14.8. The quantitative estimate of drug-likeness (QED) is 0.897. The van der Waals surface area contributed by atoms with Crippen molar-refractivity contribution in [1.29, 1.82) is 0 Å². The number of benzene rings is 1. The smallest absolute Gasteiger partial charge is 0.220 e.